The molecular weight excluding hydrogens is 360 g/mol. The Kier molecular flexibility index (Phi) is 3.58. The summed E-state index contributed by atoms with van der Waals surface area (Å²) >= 11 is 11.3. The lowest BCUT2D eigenvalue weighted by atomic mass is 10.0. The topological polar surface area (TPSA) is 52.0 Å². The summed E-state index contributed by atoms with van der Waals surface area (Å²) in [5.74, 6) is 0.296. The van der Waals surface area contributed by atoms with Crippen LogP contribution < -0.4 is 5.73 Å². The maximum Gasteiger partial charge on any atom is 0.230 e. The van der Waals surface area contributed by atoms with Gasteiger partial charge in [-0.25, -0.2) is 0 Å². The van der Waals surface area contributed by atoms with E-state index in [-0.39, 0.29) is 0 Å². The molecule has 0 aliphatic carbocycles. The Labute approximate surface area is 133 Å². The van der Waals surface area contributed by atoms with Gasteiger partial charge >= 0.3 is 0 Å². The highest BCUT2D eigenvalue weighted by molar-refractivity contribution is 9.10. The van der Waals surface area contributed by atoms with E-state index in [0.717, 1.165) is 26.0 Å². The van der Waals surface area contributed by atoms with Gasteiger partial charge in [0, 0.05) is 4.47 Å². The molecule has 0 amide bonds. The molecule has 0 bridgehead atoms. The summed E-state index contributed by atoms with van der Waals surface area (Å²) in [6, 6.07) is 7.83. The zero-order chi connectivity index (χ0) is 14.3. The molecule has 6 heteroatoms. The molecule has 0 saturated heterocycles. The maximum atomic E-state index is 6.32. The molecule has 3 aromatic rings. The van der Waals surface area contributed by atoms with Crippen molar-refractivity contribution in [2.24, 2.45) is 0 Å². The Balaban J connectivity index is 2.19. The molecule has 3 nitrogen and oxygen atoms in total. The molecular formula is C14H10BrClN2OS. The molecule has 0 radical (unpaired) electrons. The van der Waals surface area contributed by atoms with Crippen molar-refractivity contribution in [2.75, 3.05) is 5.73 Å². The van der Waals surface area contributed by atoms with Crippen LogP contribution in [0.3, 0.4) is 0 Å². The first kappa shape index (κ1) is 13.7. The summed E-state index contributed by atoms with van der Waals surface area (Å²) in [6.07, 6.45) is 0. The van der Waals surface area contributed by atoms with Crippen LogP contribution >= 0.6 is 38.9 Å². The van der Waals surface area contributed by atoms with Crippen LogP contribution in [-0.2, 0) is 0 Å². The van der Waals surface area contributed by atoms with E-state index in [9.17, 15) is 0 Å². The molecule has 0 saturated carbocycles. The van der Waals surface area contributed by atoms with E-state index in [4.69, 9.17) is 21.9 Å². The lowest BCUT2D eigenvalue weighted by molar-refractivity contribution is 0.439. The van der Waals surface area contributed by atoms with E-state index in [1.165, 1.54) is 11.3 Å². The third-order valence-corrected chi connectivity index (χ3v) is 5.20. The number of thiophene rings is 1. The van der Waals surface area contributed by atoms with Crippen molar-refractivity contribution in [3.8, 4) is 21.7 Å². The Morgan fingerprint density at radius 2 is 2.00 bits per heavy atom. The number of hydrogen-bond acceptors (Lipinski definition) is 4. The molecule has 2 N–H and O–H groups in total. The summed E-state index contributed by atoms with van der Waals surface area (Å²) in [6.45, 7) is 1.96. The van der Waals surface area contributed by atoms with Gasteiger partial charge in [0.2, 0.25) is 5.88 Å². The standard InChI is InChI=1S/C14H10BrClN2OS/c1-7-6-20-13(11(7)16)12-10(14(17)19-18-12)8-2-4-9(15)5-3-8/h2-6H,17H2,1H3. The van der Waals surface area contributed by atoms with E-state index < -0.39 is 0 Å². The van der Waals surface area contributed by atoms with E-state index in [1.807, 2.05) is 36.6 Å². The molecule has 0 atom stereocenters. The maximum absolute atomic E-state index is 6.32. The van der Waals surface area contributed by atoms with Crippen molar-refractivity contribution in [1.29, 1.82) is 0 Å². The fraction of sp³-hybridized carbons (Fsp3) is 0.0714. The number of hydrogen-bond donors (Lipinski definition) is 1. The van der Waals surface area contributed by atoms with Crippen molar-refractivity contribution in [3.05, 3.63) is 44.7 Å². The summed E-state index contributed by atoms with van der Waals surface area (Å²) in [4.78, 5) is 0.877. The molecule has 20 heavy (non-hydrogen) atoms. The van der Waals surface area contributed by atoms with Gasteiger partial charge in [0.1, 0.15) is 5.69 Å². The van der Waals surface area contributed by atoms with Crippen LogP contribution in [-0.4, -0.2) is 5.16 Å². The van der Waals surface area contributed by atoms with Crippen LogP contribution in [0.25, 0.3) is 21.7 Å². The smallest absolute Gasteiger partial charge is 0.230 e. The quantitative estimate of drug-likeness (QED) is 0.660. The van der Waals surface area contributed by atoms with Gasteiger partial charge in [0.15, 0.2) is 0 Å². The molecule has 2 heterocycles. The average molecular weight is 370 g/mol. The molecule has 2 aromatic heterocycles. The van der Waals surface area contributed by atoms with Gasteiger partial charge in [0.05, 0.1) is 15.5 Å². The highest BCUT2D eigenvalue weighted by Gasteiger charge is 2.21. The zero-order valence-corrected chi connectivity index (χ0v) is 13.6. The monoisotopic (exact) mass is 368 g/mol. The van der Waals surface area contributed by atoms with Gasteiger partial charge in [-0.3, -0.25) is 0 Å². The molecule has 102 valence electrons. The first-order valence-electron chi connectivity index (χ1n) is 5.83. The minimum atomic E-state index is 0.296. The summed E-state index contributed by atoms with van der Waals surface area (Å²) in [5, 5.41) is 6.76. The minimum Gasteiger partial charge on any atom is -0.367 e. The number of aromatic nitrogens is 1. The van der Waals surface area contributed by atoms with Gasteiger partial charge in [-0.2, -0.15) is 0 Å². The number of nitrogen functional groups attached to an aromatic ring is 1. The second-order valence-electron chi connectivity index (χ2n) is 4.34. The van der Waals surface area contributed by atoms with E-state index in [0.29, 0.717) is 16.6 Å². The first-order valence-corrected chi connectivity index (χ1v) is 7.88. The van der Waals surface area contributed by atoms with Crippen molar-refractivity contribution in [3.63, 3.8) is 0 Å². The normalized spacial score (nSPS) is 10.9. The molecule has 0 unspecified atom stereocenters. The fourth-order valence-corrected chi connectivity index (χ4v) is 3.48. The lowest BCUT2D eigenvalue weighted by Crippen LogP contribution is -1.87. The van der Waals surface area contributed by atoms with Crippen LogP contribution in [0.4, 0.5) is 5.88 Å². The first-order chi connectivity index (χ1) is 9.58. The highest BCUT2D eigenvalue weighted by Crippen LogP contribution is 2.43. The molecule has 1 aromatic carbocycles. The lowest BCUT2D eigenvalue weighted by Gasteiger charge is -2.02. The Hall–Kier alpha value is -1.30. The van der Waals surface area contributed by atoms with E-state index in [1.54, 1.807) is 0 Å². The van der Waals surface area contributed by atoms with Gasteiger partial charge in [-0.15, -0.1) is 11.3 Å². The van der Waals surface area contributed by atoms with Crippen molar-refractivity contribution in [1.82, 2.24) is 5.16 Å². The van der Waals surface area contributed by atoms with Crippen molar-refractivity contribution < 1.29 is 4.52 Å². The van der Waals surface area contributed by atoms with Gasteiger partial charge in [-0.05, 0) is 35.6 Å². The molecule has 0 aliphatic rings. The number of nitrogens with zero attached hydrogens (tertiary/aromatic N) is 1. The van der Waals surface area contributed by atoms with Crippen LogP contribution in [0.5, 0.6) is 0 Å². The van der Waals surface area contributed by atoms with Crippen molar-refractivity contribution in [2.45, 2.75) is 6.92 Å². The van der Waals surface area contributed by atoms with Crippen LogP contribution in [0.15, 0.2) is 38.6 Å². The van der Waals surface area contributed by atoms with Gasteiger partial charge < -0.3 is 10.3 Å². The summed E-state index contributed by atoms with van der Waals surface area (Å²) < 4.78 is 6.17. The van der Waals surface area contributed by atoms with E-state index >= 15 is 0 Å². The largest absolute Gasteiger partial charge is 0.367 e. The van der Waals surface area contributed by atoms with E-state index in [2.05, 4.69) is 21.1 Å². The number of anilines is 1. The second kappa shape index (κ2) is 5.24. The van der Waals surface area contributed by atoms with Gasteiger partial charge in [-0.1, -0.05) is 44.8 Å². The Morgan fingerprint density at radius 1 is 1.30 bits per heavy atom. The molecule has 0 fully saturated rings. The predicted molar refractivity (Wildman–Crippen MR) is 87.1 cm³/mol. The number of aryl methyl sites for hydroxylation is 1. The highest BCUT2D eigenvalue weighted by atomic mass is 79.9. The summed E-state index contributed by atoms with van der Waals surface area (Å²) in [5.41, 5.74) is 9.36. The zero-order valence-electron chi connectivity index (χ0n) is 10.5. The third-order valence-electron chi connectivity index (χ3n) is 2.97. The van der Waals surface area contributed by atoms with Gasteiger partial charge in [0.25, 0.3) is 0 Å². The number of benzene rings is 1. The number of halogens is 2. The third kappa shape index (κ3) is 2.26. The Bertz CT molecular complexity index is 764. The molecule has 0 aliphatic heterocycles. The van der Waals surface area contributed by atoms with Crippen molar-refractivity contribution >= 4 is 44.8 Å². The average Bonchev–Trinajstić information content (AvgIpc) is 2.96. The number of rotatable bonds is 2. The minimum absolute atomic E-state index is 0.296. The van der Waals surface area contributed by atoms with Crippen LogP contribution in [0, 0.1) is 6.92 Å². The summed E-state index contributed by atoms with van der Waals surface area (Å²) in [7, 11) is 0. The molecule has 0 spiro atoms. The SMILES string of the molecule is Cc1csc(-c2noc(N)c2-c2ccc(Br)cc2)c1Cl. The molecule has 3 rings (SSSR count). The second-order valence-corrected chi connectivity index (χ2v) is 6.51. The fourth-order valence-electron chi connectivity index (χ4n) is 1.94. The van der Waals surface area contributed by atoms with Crippen LogP contribution in [0.2, 0.25) is 5.02 Å². The number of nitrogens with two attached hydrogens (primary N) is 1. The Morgan fingerprint density at radius 3 is 2.60 bits per heavy atom. The predicted octanol–water partition coefficient (Wildman–Crippen LogP) is 5.38. The van der Waals surface area contributed by atoms with Crippen LogP contribution in [0.1, 0.15) is 5.56 Å².